The highest BCUT2D eigenvalue weighted by Gasteiger charge is 2.36. The minimum absolute atomic E-state index is 0.0956. The maximum Gasteiger partial charge on any atom is 0.325 e. The number of imidazole rings is 1. The van der Waals surface area contributed by atoms with Crippen LogP contribution < -0.4 is 11.1 Å². The number of aliphatic carboxylic acids is 1. The Balaban J connectivity index is 2.74. The van der Waals surface area contributed by atoms with Gasteiger partial charge in [-0.2, -0.15) is 0 Å². The Kier molecular flexibility index (Phi) is 4.38. The Morgan fingerprint density at radius 1 is 1.72 bits per heavy atom. The lowest BCUT2D eigenvalue weighted by Crippen LogP contribution is -2.59. The Labute approximate surface area is 103 Å². The van der Waals surface area contributed by atoms with E-state index in [0.29, 0.717) is 5.69 Å². The first-order chi connectivity index (χ1) is 8.39. The monoisotopic (exact) mass is 258 g/mol. The van der Waals surface area contributed by atoms with Crippen LogP contribution in [0.2, 0.25) is 0 Å². The smallest absolute Gasteiger partial charge is 0.325 e. The van der Waals surface area contributed by atoms with Crippen molar-refractivity contribution in [1.29, 1.82) is 0 Å². The van der Waals surface area contributed by atoms with E-state index < -0.39 is 30.1 Å². The number of hydrogen-bond donors (Lipinski definition) is 4. The van der Waals surface area contributed by atoms with Gasteiger partial charge in [0.25, 0.3) is 0 Å². The number of carboxylic acid groups (broad SMARTS) is 1. The molecule has 0 aromatic carbocycles. The molecule has 2 atom stereocenters. The molecule has 0 fully saturated rings. The molecule has 0 radical (unpaired) electrons. The summed E-state index contributed by atoms with van der Waals surface area (Å²) in [5, 5.41) is 10.8. The first-order valence-electron chi connectivity index (χ1n) is 5.25. The SMILES string of the molecule is CC(NC(=O)C(N)(CF)Cc1cnc[nH]1)C(=O)O. The van der Waals surface area contributed by atoms with Crippen molar-refractivity contribution >= 4 is 11.9 Å². The number of nitrogens with one attached hydrogen (secondary N) is 2. The average molecular weight is 258 g/mol. The molecule has 0 saturated carbocycles. The van der Waals surface area contributed by atoms with Gasteiger partial charge in [0.05, 0.1) is 6.33 Å². The molecule has 1 aromatic rings. The minimum Gasteiger partial charge on any atom is -0.480 e. The van der Waals surface area contributed by atoms with Crippen molar-refractivity contribution in [3.8, 4) is 0 Å². The van der Waals surface area contributed by atoms with Crippen molar-refractivity contribution < 1.29 is 19.1 Å². The molecule has 5 N–H and O–H groups in total. The quantitative estimate of drug-likeness (QED) is 0.532. The molecular weight excluding hydrogens is 243 g/mol. The number of aromatic amines is 1. The fourth-order valence-electron chi connectivity index (χ4n) is 1.31. The summed E-state index contributed by atoms with van der Waals surface area (Å²) in [4.78, 5) is 28.8. The zero-order valence-corrected chi connectivity index (χ0v) is 9.81. The number of nitrogens with two attached hydrogens (primary N) is 1. The molecule has 7 nitrogen and oxygen atoms in total. The van der Waals surface area contributed by atoms with Gasteiger partial charge in [-0.15, -0.1) is 0 Å². The van der Waals surface area contributed by atoms with E-state index in [1.165, 1.54) is 19.4 Å². The van der Waals surface area contributed by atoms with E-state index in [4.69, 9.17) is 10.8 Å². The van der Waals surface area contributed by atoms with Crippen molar-refractivity contribution in [2.45, 2.75) is 24.9 Å². The molecule has 1 heterocycles. The van der Waals surface area contributed by atoms with Gasteiger partial charge in [0.15, 0.2) is 0 Å². The molecule has 0 aliphatic rings. The van der Waals surface area contributed by atoms with Crippen LogP contribution in [0.3, 0.4) is 0 Å². The van der Waals surface area contributed by atoms with E-state index >= 15 is 0 Å². The molecule has 1 amide bonds. The molecule has 0 aliphatic carbocycles. The summed E-state index contributed by atoms with van der Waals surface area (Å²) in [5.74, 6) is -2.07. The topological polar surface area (TPSA) is 121 Å². The number of carbonyl (C=O) groups excluding carboxylic acids is 1. The highest BCUT2D eigenvalue weighted by molar-refractivity contribution is 5.90. The van der Waals surface area contributed by atoms with Gasteiger partial charge in [-0.25, -0.2) is 9.37 Å². The molecule has 2 unspecified atom stereocenters. The number of amides is 1. The second-order valence-electron chi connectivity index (χ2n) is 4.08. The lowest BCUT2D eigenvalue weighted by molar-refractivity contribution is -0.142. The Morgan fingerprint density at radius 2 is 2.39 bits per heavy atom. The largest absolute Gasteiger partial charge is 0.480 e. The maximum atomic E-state index is 13.0. The predicted octanol–water partition coefficient (Wildman–Crippen LogP) is -0.791. The molecule has 100 valence electrons. The van der Waals surface area contributed by atoms with Crippen molar-refractivity contribution in [2.24, 2.45) is 5.73 Å². The van der Waals surface area contributed by atoms with Crippen LogP contribution in [-0.4, -0.2) is 45.2 Å². The number of halogens is 1. The molecule has 18 heavy (non-hydrogen) atoms. The van der Waals surface area contributed by atoms with Gasteiger partial charge in [0.2, 0.25) is 5.91 Å². The average Bonchev–Trinajstić information content (AvgIpc) is 2.81. The van der Waals surface area contributed by atoms with E-state index in [0.717, 1.165) is 0 Å². The van der Waals surface area contributed by atoms with Crippen molar-refractivity contribution in [3.05, 3.63) is 18.2 Å². The fourth-order valence-corrected chi connectivity index (χ4v) is 1.31. The second kappa shape index (κ2) is 5.58. The van der Waals surface area contributed by atoms with E-state index in [-0.39, 0.29) is 6.42 Å². The Hall–Kier alpha value is -1.96. The molecule has 8 heteroatoms. The molecule has 0 bridgehead atoms. The first-order valence-corrected chi connectivity index (χ1v) is 5.25. The maximum absolute atomic E-state index is 13.0. The minimum atomic E-state index is -1.81. The third-order valence-electron chi connectivity index (χ3n) is 2.47. The second-order valence-corrected chi connectivity index (χ2v) is 4.08. The molecule has 1 aromatic heterocycles. The van der Waals surface area contributed by atoms with Gasteiger partial charge < -0.3 is 21.1 Å². The highest BCUT2D eigenvalue weighted by atomic mass is 19.1. The Bertz CT molecular complexity index is 423. The molecule has 0 aliphatic heterocycles. The number of hydrogen-bond acceptors (Lipinski definition) is 4. The van der Waals surface area contributed by atoms with Gasteiger partial charge in [-0.1, -0.05) is 0 Å². The summed E-state index contributed by atoms with van der Waals surface area (Å²) in [6.07, 6.45) is 2.71. The summed E-state index contributed by atoms with van der Waals surface area (Å²) in [7, 11) is 0. The van der Waals surface area contributed by atoms with Crippen molar-refractivity contribution in [3.63, 3.8) is 0 Å². The van der Waals surface area contributed by atoms with Gasteiger partial charge >= 0.3 is 5.97 Å². The standard InChI is InChI=1S/C10H15FN4O3/c1-6(8(16)17)15-9(18)10(12,4-11)2-7-3-13-5-14-7/h3,5-6H,2,4,12H2,1H3,(H,13,14)(H,15,18)(H,16,17). The molecule has 1 rings (SSSR count). The van der Waals surface area contributed by atoms with E-state index in [1.807, 2.05) is 0 Å². The molecule has 0 spiro atoms. The van der Waals surface area contributed by atoms with Crippen LogP contribution in [0.25, 0.3) is 0 Å². The summed E-state index contributed by atoms with van der Waals surface area (Å²) in [6.45, 7) is 0.166. The van der Waals surface area contributed by atoms with E-state index in [2.05, 4.69) is 15.3 Å². The zero-order chi connectivity index (χ0) is 13.8. The number of alkyl halides is 1. The normalized spacial score (nSPS) is 15.7. The van der Waals surface area contributed by atoms with Crippen LogP contribution in [0, 0.1) is 0 Å². The predicted molar refractivity (Wildman–Crippen MR) is 60.4 cm³/mol. The fraction of sp³-hybridized carbons (Fsp3) is 0.500. The van der Waals surface area contributed by atoms with Crippen LogP contribution in [-0.2, 0) is 16.0 Å². The lowest BCUT2D eigenvalue weighted by Gasteiger charge is -2.25. The van der Waals surface area contributed by atoms with Crippen LogP contribution in [0.5, 0.6) is 0 Å². The van der Waals surface area contributed by atoms with Gasteiger partial charge in [0, 0.05) is 18.3 Å². The van der Waals surface area contributed by atoms with Crippen molar-refractivity contribution in [2.75, 3.05) is 6.67 Å². The zero-order valence-electron chi connectivity index (χ0n) is 9.81. The summed E-state index contributed by atoms with van der Waals surface area (Å²) >= 11 is 0. The summed E-state index contributed by atoms with van der Waals surface area (Å²) in [5.41, 5.74) is 4.34. The van der Waals surface area contributed by atoms with Crippen LogP contribution in [0.15, 0.2) is 12.5 Å². The number of carboxylic acids is 1. The van der Waals surface area contributed by atoms with Crippen LogP contribution in [0.1, 0.15) is 12.6 Å². The number of H-pyrrole nitrogens is 1. The van der Waals surface area contributed by atoms with E-state index in [1.54, 1.807) is 0 Å². The number of rotatable bonds is 6. The summed E-state index contributed by atoms with van der Waals surface area (Å²) in [6, 6.07) is -1.13. The third-order valence-corrected chi connectivity index (χ3v) is 2.47. The molecule has 0 saturated heterocycles. The van der Waals surface area contributed by atoms with Gasteiger partial charge in [-0.05, 0) is 6.92 Å². The number of nitrogens with zero attached hydrogens (tertiary/aromatic N) is 1. The van der Waals surface area contributed by atoms with Crippen LogP contribution >= 0.6 is 0 Å². The Morgan fingerprint density at radius 3 is 2.83 bits per heavy atom. The highest BCUT2D eigenvalue weighted by Crippen LogP contribution is 2.10. The first kappa shape index (κ1) is 14.1. The van der Waals surface area contributed by atoms with Crippen LogP contribution in [0.4, 0.5) is 4.39 Å². The summed E-state index contributed by atoms with van der Waals surface area (Å²) < 4.78 is 13.0. The number of aromatic nitrogens is 2. The van der Waals surface area contributed by atoms with Crippen molar-refractivity contribution in [1.82, 2.24) is 15.3 Å². The van der Waals surface area contributed by atoms with Gasteiger partial charge in [0.1, 0.15) is 18.3 Å². The molecular formula is C10H15FN4O3. The number of carbonyl (C=O) groups is 2. The van der Waals surface area contributed by atoms with E-state index in [9.17, 15) is 14.0 Å². The third kappa shape index (κ3) is 3.27. The lowest BCUT2D eigenvalue weighted by atomic mass is 9.95. The van der Waals surface area contributed by atoms with Gasteiger partial charge in [-0.3, -0.25) is 9.59 Å².